The van der Waals surface area contributed by atoms with Gasteiger partial charge in [0.25, 0.3) is 11.8 Å². The number of hydrogen-bond acceptors (Lipinski definition) is 3. The lowest BCUT2D eigenvalue weighted by atomic mass is 9.96. The van der Waals surface area contributed by atoms with E-state index in [1.165, 1.54) is 0 Å². The minimum atomic E-state index is -0.595. The molecule has 2 amide bonds. The molecule has 0 saturated carbocycles. The number of anilines is 1. The highest BCUT2D eigenvalue weighted by Gasteiger charge is 2.20. The number of carbonyl (C=O) groups is 2. The first-order valence-electron chi connectivity index (χ1n) is 9.62. The van der Waals surface area contributed by atoms with Crippen molar-refractivity contribution in [1.29, 1.82) is 0 Å². The zero-order chi connectivity index (χ0) is 21.3. The van der Waals surface area contributed by atoms with Gasteiger partial charge in [0.05, 0.1) is 28.0 Å². The number of pyridine rings is 1. The number of nitrogens with zero attached hydrogens (tertiary/aromatic N) is 1. The van der Waals surface area contributed by atoms with Gasteiger partial charge in [-0.25, -0.2) is 4.98 Å². The van der Waals surface area contributed by atoms with Gasteiger partial charge in [0.1, 0.15) is 0 Å². The Hall–Kier alpha value is -3.99. The van der Waals surface area contributed by atoms with Gasteiger partial charge in [-0.15, -0.1) is 0 Å². The average Bonchev–Trinajstić information content (AvgIpc) is 2.74. The molecule has 3 N–H and O–H groups in total. The molecule has 5 heteroatoms. The summed E-state index contributed by atoms with van der Waals surface area (Å²) >= 11 is 0. The normalized spacial score (nSPS) is 10.7. The molecule has 0 aliphatic heterocycles. The molecule has 0 aliphatic carbocycles. The number of fused-ring (bicyclic) bond motifs is 1. The molecule has 0 unspecified atom stereocenters. The summed E-state index contributed by atoms with van der Waals surface area (Å²) in [4.78, 5) is 29.9. The van der Waals surface area contributed by atoms with Crippen molar-refractivity contribution in [2.75, 3.05) is 5.32 Å². The van der Waals surface area contributed by atoms with Crippen LogP contribution in [0.25, 0.3) is 22.2 Å². The molecule has 148 valence electrons. The van der Waals surface area contributed by atoms with Crippen LogP contribution in [0.3, 0.4) is 0 Å². The lowest BCUT2D eigenvalue weighted by molar-refractivity contribution is 0.100. The molecule has 3 aromatic carbocycles. The number of carbonyl (C=O) groups excluding carboxylic acids is 2. The molecule has 0 aliphatic rings. The van der Waals surface area contributed by atoms with Gasteiger partial charge in [-0.2, -0.15) is 0 Å². The molecule has 4 aromatic rings. The van der Waals surface area contributed by atoms with Crippen LogP contribution in [0.2, 0.25) is 0 Å². The summed E-state index contributed by atoms with van der Waals surface area (Å²) < 4.78 is 0. The molecule has 0 bridgehead atoms. The summed E-state index contributed by atoms with van der Waals surface area (Å²) in [5.74, 6) is -0.907. The van der Waals surface area contributed by atoms with Crippen molar-refractivity contribution in [3.8, 4) is 11.3 Å². The van der Waals surface area contributed by atoms with Gasteiger partial charge in [-0.3, -0.25) is 9.59 Å². The van der Waals surface area contributed by atoms with Crippen LogP contribution in [0.15, 0.2) is 72.8 Å². The Morgan fingerprint density at radius 1 is 0.867 bits per heavy atom. The minimum absolute atomic E-state index is 0.264. The van der Waals surface area contributed by atoms with Crippen molar-refractivity contribution in [1.82, 2.24) is 4.98 Å². The van der Waals surface area contributed by atoms with Crippen LogP contribution in [-0.4, -0.2) is 16.8 Å². The van der Waals surface area contributed by atoms with Gasteiger partial charge in [-0.1, -0.05) is 60.2 Å². The molecule has 0 atom stereocenters. The highest BCUT2D eigenvalue weighted by Crippen LogP contribution is 2.30. The molecule has 0 radical (unpaired) electrons. The fourth-order valence-electron chi connectivity index (χ4n) is 3.58. The first-order chi connectivity index (χ1) is 14.5. The highest BCUT2D eigenvalue weighted by atomic mass is 16.2. The lowest BCUT2D eigenvalue weighted by Crippen LogP contribution is -2.19. The van der Waals surface area contributed by atoms with Gasteiger partial charge in [0.15, 0.2) is 0 Å². The van der Waals surface area contributed by atoms with E-state index < -0.39 is 5.91 Å². The van der Waals surface area contributed by atoms with Crippen LogP contribution in [0.1, 0.15) is 31.8 Å². The third-order valence-electron chi connectivity index (χ3n) is 5.13. The van der Waals surface area contributed by atoms with Crippen LogP contribution in [0.5, 0.6) is 0 Å². The van der Waals surface area contributed by atoms with Crippen LogP contribution in [0, 0.1) is 13.8 Å². The number of primary amides is 1. The lowest BCUT2D eigenvalue weighted by Gasteiger charge is -2.16. The zero-order valence-corrected chi connectivity index (χ0v) is 16.8. The summed E-state index contributed by atoms with van der Waals surface area (Å²) in [6, 6.07) is 22.3. The molecule has 0 saturated heterocycles. The fraction of sp³-hybridized carbons (Fsp3) is 0.0800. The molecule has 1 aromatic heterocycles. The Labute approximate surface area is 174 Å². The molecule has 0 spiro atoms. The predicted octanol–water partition coefficient (Wildman–Crippen LogP) is 4.87. The maximum atomic E-state index is 13.4. The van der Waals surface area contributed by atoms with Gasteiger partial charge in [0.2, 0.25) is 0 Å². The molecule has 30 heavy (non-hydrogen) atoms. The molecule has 0 fully saturated rings. The topological polar surface area (TPSA) is 85.1 Å². The highest BCUT2D eigenvalue weighted by molar-refractivity contribution is 6.16. The number of nitrogens with two attached hydrogens (primary N) is 1. The number of benzene rings is 3. The third kappa shape index (κ3) is 3.53. The van der Waals surface area contributed by atoms with Crippen molar-refractivity contribution >= 4 is 28.4 Å². The average molecular weight is 395 g/mol. The second kappa shape index (κ2) is 7.79. The number of aryl methyl sites for hydroxylation is 1. The standard InChI is InChI=1S/C25H21N3O2/c1-15-11-13-17(14-12-15)23-16(2)22(18-7-3-5-9-20(18)27-23)25(30)28-21-10-6-4-8-19(21)24(26)29/h3-14H,1-2H3,(H2,26,29)(H,28,30). The Bertz CT molecular complexity index is 1280. The van der Waals surface area contributed by atoms with E-state index in [4.69, 9.17) is 10.7 Å². The summed E-state index contributed by atoms with van der Waals surface area (Å²) in [6.45, 7) is 3.92. The second-order valence-corrected chi connectivity index (χ2v) is 7.21. The smallest absolute Gasteiger partial charge is 0.256 e. The van der Waals surface area contributed by atoms with Crippen LogP contribution in [0.4, 0.5) is 5.69 Å². The van der Waals surface area contributed by atoms with Crippen LogP contribution < -0.4 is 11.1 Å². The number of hydrogen-bond donors (Lipinski definition) is 2. The van der Waals surface area contributed by atoms with Crippen molar-refractivity contribution in [3.63, 3.8) is 0 Å². The quantitative estimate of drug-likeness (QED) is 0.517. The number of nitrogens with one attached hydrogen (secondary N) is 1. The number of para-hydroxylation sites is 2. The Morgan fingerprint density at radius 2 is 1.53 bits per heavy atom. The second-order valence-electron chi connectivity index (χ2n) is 7.21. The monoisotopic (exact) mass is 395 g/mol. The molecule has 5 nitrogen and oxygen atoms in total. The molecule has 1 heterocycles. The van der Waals surface area contributed by atoms with E-state index in [2.05, 4.69) is 5.32 Å². The van der Waals surface area contributed by atoms with E-state index in [0.717, 1.165) is 33.3 Å². The van der Waals surface area contributed by atoms with Crippen molar-refractivity contribution in [2.24, 2.45) is 5.73 Å². The molecular weight excluding hydrogens is 374 g/mol. The molecular formula is C25H21N3O2. The summed E-state index contributed by atoms with van der Waals surface area (Å²) in [6.07, 6.45) is 0. The maximum Gasteiger partial charge on any atom is 0.256 e. The van der Waals surface area contributed by atoms with Gasteiger partial charge in [-0.05, 0) is 37.6 Å². The van der Waals surface area contributed by atoms with E-state index in [1.807, 2.05) is 62.4 Å². The van der Waals surface area contributed by atoms with E-state index in [1.54, 1.807) is 24.3 Å². The van der Waals surface area contributed by atoms with Gasteiger partial charge < -0.3 is 11.1 Å². The van der Waals surface area contributed by atoms with Gasteiger partial charge in [0, 0.05) is 10.9 Å². The van der Waals surface area contributed by atoms with Crippen LogP contribution in [-0.2, 0) is 0 Å². The predicted molar refractivity (Wildman–Crippen MR) is 120 cm³/mol. The van der Waals surface area contributed by atoms with Gasteiger partial charge >= 0.3 is 0 Å². The van der Waals surface area contributed by atoms with Crippen molar-refractivity contribution in [3.05, 3.63) is 95.1 Å². The Morgan fingerprint density at radius 3 is 2.27 bits per heavy atom. The van der Waals surface area contributed by atoms with Crippen molar-refractivity contribution in [2.45, 2.75) is 13.8 Å². The van der Waals surface area contributed by atoms with E-state index in [0.29, 0.717) is 11.3 Å². The summed E-state index contributed by atoms with van der Waals surface area (Å²) in [5.41, 5.74) is 11.0. The largest absolute Gasteiger partial charge is 0.366 e. The van der Waals surface area contributed by atoms with E-state index in [-0.39, 0.29) is 11.5 Å². The summed E-state index contributed by atoms with van der Waals surface area (Å²) in [5, 5.41) is 3.61. The SMILES string of the molecule is Cc1ccc(-c2nc3ccccc3c(C(=O)Nc3ccccc3C(N)=O)c2C)cc1. The third-order valence-corrected chi connectivity index (χ3v) is 5.13. The summed E-state index contributed by atoms with van der Waals surface area (Å²) in [7, 11) is 0. The molecule has 4 rings (SSSR count). The first-order valence-corrected chi connectivity index (χ1v) is 9.62. The Kier molecular flexibility index (Phi) is 5.02. The number of rotatable bonds is 4. The van der Waals surface area contributed by atoms with E-state index in [9.17, 15) is 9.59 Å². The minimum Gasteiger partial charge on any atom is -0.366 e. The fourth-order valence-corrected chi connectivity index (χ4v) is 3.58. The maximum absolute atomic E-state index is 13.4. The van der Waals surface area contributed by atoms with Crippen LogP contribution >= 0.6 is 0 Å². The Balaban J connectivity index is 1.87. The van der Waals surface area contributed by atoms with E-state index >= 15 is 0 Å². The van der Waals surface area contributed by atoms with Crippen molar-refractivity contribution < 1.29 is 9.59 Å². The number of aromatic nitrogens is 1. The first kappa shape index (κ1) is 19.3. The zero-order valence-electron chi connectivity index (χ0n) is 16.8. The number of amides is 2.